The summed E-state index contributed by atoms with van der Waals surface area (Å²) in [4.78, 5) is 0.0339. The van der Waals surface area contributed by atoms with Crippen LogP contribution in [0.3, 0.4) is 0 Å². The number of nitrogens with zero attached hydrogens (tertiary/aromatic N) is 1. The van der Waals surface area contributed by atoms with E-state index in [2.05, 4.69) is 5.16 Å². The molecule has 0 radical (unpaired) electrons. The number of primary sulfonamides is 1. The number of hydrogen-bond acceptors (Lipinski definition) is 4. The lowest BCUT2D eigenvalue weighted by Crippen LogP contribution is -2.11. The SMILES string of the molecule is CCc1noc(-c2ccc(S(N)(=O)=O)cc2)c1Cc1ccc(F)cc1. The molecule has 0 aliphatic carbocycles. The second-order valence-corrected chi connectivity index (χ2v) is 7.22. The van der Waals surface area contributed by atoms with Crippen LogP contribution in [0.25, 0.3) is 11.3 Å². The van der Waals surface area contributed by atoms with Crippen molar-refractivity contribution in [1.29, 1.82) is 0 Å². The number of benzene rings is 2. The third-order valence-electron chi connectivity index (χ3n) is 3.94. The van der Waals surface area contributed by atoms with Crippen LogP contribution in [0.15, 0.2) is 57.9 Å². The quantitative estimate of drug-likeness (QED) is 0.756. The van der Waals surface area contributed by atoms with Gasteiger partial charge in [0.25, 0.3) is 0 Å². The van der Waals surface area contributed by atoms with Crippen molar-refractivity contribution in [3.8, 4) is 11.3 Å². The van der Waals surface area contributed by atoms with Crippen LogP contribution in [0.4, 0.5) is 4.39 Å². The molecule has 0 unspecified atom stereocenters. The number of aryl methyl sites for hydroxylation is 1. The third-order valence-corrected chi connectivity index (χ3v) is 4.87. The molecular formula is C18H17FN2O3S. The summed E-state index contributed by atoms with van der Waals surface area (Å²) in [6.07, 6.45) is 1.23. The number of aromatic nitrogens is 1. The Kier molecular flexibility index (Phi) is 4.69. The van der Waals surface area contributed by atoms with Crippen LogP contribution in [0.2, 0.25) is 0 Å². The molecule has 0 saturated heterocycles. The van der Waals surface area contributed by atoms with Gasteiger partial charge in [0, 0.05) is 17.5 Å². The van der Waals surface area contributed by atoms with Crippen LogP contribution in [-0.2, 0) is 22.9 Å². The highest BCUT2D eigenvalue weighted by Crippen LogP contribution is 2.29. The fraction of sp³-hybridized carbons (Fsp3) is 0.167. The average molecular weight is 360 g/mol. The molecule has 1 heterocycles. The van der Waals surface area contributed by atoms with E-state index in [1.165, 1.54) is 24.3 Å². The average Bonchev–Trinajstić information content (AvgIpc) is 2.99. The second-order valence-electron chi connectivity index (χ2n) is 5.66. The zero-order chi connectivity index (χ0) is 18.0. The van der Waals surface area contributed by atoms with Gasteiger partial charge in [0.05, 0.1) is 10.6 Å². The molecule has 1 aromatic heterocycles. The van der Waals surface area contributed by atoms with E-state index in [9.17, 15) is 12.8 Å². The van der Waals surface area contributed by atoms with Crippen molar-refractivity contribution in [3.63, 3.8) is 0 Å². The minimum absolute atomic E-state index is 0.0339. The molecule has 0 amide bonds. The third kappa shape index (κ3) is 3.78. The molecule has 0 saturated carbocycles. The zero-order valence-electron chi connectivity index (χ0n) is 13.6. The van der Waals surface area contributed by atoms with Gasteiger partial charge in [-0.05, 0) is 48.4 Å². The van der Waals surface area contributed by atoms with E-state index in [0.717, 1.165) is 16.8 Å². The molecule has 0 spiro atoms. The van der Waals surface area contributed by atoms with Crippen LogP contribution in [0, 0.1) is 5.82 Å². The Labute approximate surface area is 145 Å². The highest BCUT2D eigenvalue weighted by molar-refractivity contribution is 7.89. The van der Waals surface area contributed by atoms with Gasteiger partial charge in [0.1, 0.15) is 5.82 Å². The number of rotatable bonds is 5. The molecule has 130 valence electrons. The first-order valence-corrected chi connectivity index (χ1v) is 9.28. The molecule has 0 atom stereocenters. The summed E-state index contributed by atoms with van der Waals surface area (Å²) in [6, 6.07) is 12.4. The minimum Gasteiger partial charge on any atom is -0.356 e. The summed E-state index contributed by atoms with van der Waals surface area (Å²) in [5.41, 5.74) is 3.35. The molecule has 25 heavy (non-hydrogen) atoms. The summed E-state index contributed by atoms with van der Waals surface area (Å²) >= 11 is 0. The molecule has 0 aliphatic rings. The van der Waals surface area contributed by atoms with E-state index in [4.69, 9.17) is 9.66 Å². The fourth-order valence-corrected chi connectivity index (χ4v) is 3.15. The van der Waals surface area contributed by atoms with E-state index in [1.807, 2.05) is 6.92 Å². The molecule has 5 nitrogen and oxygen atoms in total. The Morgan fingerprint density at radius 2 is 1.72 bits per heavy atom. The van der Waals surface area contributed by atoms with Gasteiger partial charge in [-0.2, -0.15) is 0 Å². The first-order valence-electron chi connectivity index (χ1n) is 7.73. The fourth-order valence-electron chi connectivity index (χ4n) is 2.63. The monoisotopic (exact) mass is 360 g/mol. The van der Waals surface area contributed by atoms with Crippen molar-refractivity contribution >= 4 is 10.0 Å². The van der Waals surface area contributed by atoms with Crippen LogP contribution < -0.4 is 5.14 Å². The summed E-state index contributed by atoms with van der Waals surface area (Å²) in [5.74, 6) is 0.283. The lowest BCUT2D eigenvalue weighted by molar-refractivity contribution is 0.424. The van der Waals surface area contributed by atoms with E-state index in [0.29, 0.717) is 24.2 Å². The lowest BCUT2D eigenvalue weighted by Gasteiger charge is -2.05. The molecular weight excluding hydrogens is 343 g/mol. The Morgan fingerprint density at radius 1 is 1.08 bits per heavy atom. The maximum absolute atomic E-state index is 13.1. The summed E-state index contributed by atoms with van der Waals surface area (Å²) in [5, 5.41) is 9.23. The molecule has 3 rings (SSSR count). The molecule has 0 bridgehead atoms. The van der Waals surface area contributed by atoms with Gasteiger partial charge in [0.2, 0.25) is 10.0 Å². The van der Waals surface area contributed by atoms with Gasteiger partial charge in [-0.1, -0.05) is 24.2 Å². The van der Waals surface area contributed by atoms with Crippen LogP contribution in [-0.4, -0.2) is 13.6 Å². The number of halogens is 1. The normalized spacial score (nSPS) is 11.6. The number of hydrogen-bond donors (Lipinski definition) is 1. The highest BCUT2D eigenvalue weighted by Gasteiger charge is 2.18. The zero-order valence-corrected chi connectivity index (χ0v) is 14.4. The molecule has 0 fully saturated rings. The molecule has 7 heteroatoms. The van der Waals surface area contributed by atoms with Gasteiger partial charge in [-0.3, -0.25) is 0 Å². The van der Waals surface area contributed by atoms with E-state index < -0.39 is 10.0 Å². The topological polar surface area (TPSA) is 86.2 Å². The van der Waals surface area contributed by atoms with Crippen molar-refractivity contribution in [1.82, 2.24) is 5.16 Å². The molecule has 3 aromatic rings. The number of nitrogens with two attached hydrogens (primary N) is 1. The largest absolute Gasteiger partial charge is 0.356 e. The number of sulfonamides is 1. The predicted octanol–water partition coefficient (Wildman–Crippen LogP) is 3.28. The van der Waals surface area contributed by atoms with E-state index in [-0.39, 0.29) is 10.7 Å². The summed E-state index contributed by atoms with van der Waals surface area (Å²) in [7, 11) is -3.75. The van der Waals surface area contributed by atoms with Crippen LogP contribution >= 0.6 is 0 Å². The maximum atomic E-state index is 13.1. The maximum Gasteiger partial charge on any atom is 0.238 e. The van der Waals surface area contributed by atoms with Crippen molar-refractivity contribution in [2.24, 2.45) is 5.14 Å². The van der Waals surface area contributed by atoms with Gasteiger partial charge in [-0.25, -0.2) is 17.9 Å². The van der Waals surface area contributed by atoms with Gasteiger partial charge in [0.15, 0.2) is 5.76 Å². The first kappa shape index (κ1) is 17.3. The molecule has 2 N–H and O–H groups in total. The minimum atomic E-state index is -3.75. The first-order chi connectivity index (χ1) is 11.9. The second kappa shape index (κ2) is 6.78. The Bertz CT molecular complexity index is 978. The summed E-state index contributed by atoms with van der Waals surface area (Å²) in [6.45, 7) is 1.97. The predicted molar refractivity (Wildman–Crippen MR) is 91.9 cm³/mol. The standard InChI is InChI=1S/C18H17FN2O3S/c1-2-17-16(11-12-3-7-14(19)8-4-12)18(24-21-17)13-5-9-15(10-6-13)25(20,22)23/h3-10H,2,11H2,1H3,(H2,20,22,23). The summed E-state index contributed by atoms with van der Waals surface area (Å²) < 4.78 is 41.3. The molecule has 2 aromatic carbocycles. The smallest absolute Gasteiger partial charge is 0.238 e. The Balaban J connectivity index is 1.99. The van der Waals surface area contributed by atoms with Gasteiger partial charge in [-0.15, -0.1) is 0 Å². The van der Waals surface area contributed by atoms with Crippen LogP contribution in [0.1, 0.15) is 23.7 Å². The van der Waals surface area contributed by atoms with Crippen molar-refractivity contribution in [3.05, 3.63) is 71.2 Å². The Hall–Kier alpha value is -2.51. The van der Waals surface area contributed by atoms with Crippen molar-refractivity contribution < 1.29 is 17.3 Å². The van der Waals surface area contributed by atoms with Gasteiger partial charge >= 0.3 is 0 Å². The van der Waals surface area contributed by atoms with Crippen molar-refractivity contribution in [2.75, 3.05) is 0 Å². The Morgan fingerprint density at radius 3 is 2.28 bits per heavy atom. The van der Waals surface area contributed by atoms with Crippen LogP contribution in [0.5, 0.6) is 0 Å². The van der Waals surface area contributed by atoms with E-state index >= 15 is 0 Å². The van der Waals surface area contributed by atoms with Crippen molar-refractivity contribution in [2.45, 2.75) is 24.7 Å². The van der Waals surface area contributed by atoms with Gasteiger partial charge < -0.3 is 4.52 Å². The molecule has 0 aliphatic heterocycles. The highest BCUT2D eigenvalue weighted by atomic mass is 32.2. The lowest BCUT2D eigenvalue weighted by atomic mass is 9.99. The van der Waals surface area contributed by atoms with E-state index in [1.54, 1.807) is 24.3 Å².